The molecule has 2 aromatic rings. The average molecular weight is 211 g/mol. The first-order valence-corrected chi connectivity index (χ1v) is 5.54. The molecule has 0 atom stereocenters. The lowest BCUT2D eigenvalue weighted by molar-refractivity contribution is 0.669. The van der Waals surface area contributed by atoms with Crippen molar-refractivity contribution in [2.45, 2.75) is 19.3 Å². The van der Waals surface area contributed by atoms with E-state index in [4.69, 9.17) is 0 Å². The Morgan fingerprint density at radius 1 is 1.12 bits per heavy atom. The largest absolute Gasteiger partial charge is 0.222 e. The van der Waals surface area contributed by atoms with Gasteiger partial charge in [0.15, 0.2) is 0 Å². The number of allylic oxidation sites excluding steroid dienone is 1. The first kappa shape index (κ1) is 9.33. The van der Waals surface area contributed by atoms with Crippen molar-refractivity contribution in [1.29, 1.82) is 0 Å². The van der Waals surface area contributed by atoms with Crippen LogP contribution in [0.4, 0.5) is 0 Å². The Morgan fingerprint density at radius 3 is 2.75 bits per heavy atom. The maximum Gasteiger partial charge on any atom is 0.116 e. The van der Waals surface area contributed by atoms with Gasteiger partial charge in [0.25, 0.3) is 0 Å². The second-order valence-electron chi connectivity index (χ2n) is 4.08. The van der Waals surface area contributed by atoms with Gasteiger partial charge in [0.05, 0.1) is 5.69 Å². The number of aromatic nitrogens is 3. The molecular formula is C13H13N3. The fraction of sp³-hybridized carbons (Fsp3) is 0.231. The summed E-state index contributed by atoms with van der Waals surface area (Å²) in [5.74, 6) is 0. The van der Waals surface area contributed by atoms with E-state index >= 15 is 0 Å². The number of benzene rings is 1. The van der Waals surface area contributed by atoms with Crippen LogP contribution in [0.3, 0.4) is 0 Å². The summed E-state index contributed by atoms with van der Waals surface area (Å²) in [5.41, 5.74) is 4.39. The molecule has 3 nitrogen and oxygen atoms in total. The summed E-state index contributed by atoms with van der Waals surface area (Å²) in [7, 11) is 0. The van der Waals surface area contributed by atoms with Gasteiger partial charge in [-0.2, -0.15) is 0 Å². The molecule has 0 unspecified atom stereocenters. The van der Waals surface area contributed by atoms with Gasteiger partial charge in [-0.3, -0.25) is 0 Å². The summed E-state index contributed by atoms with van der Waals surface area (Å²) in [5, 5.41) is 8.45. The molecule has 16 heavy (non-hydrogen) atoms. The van der Waals surface area contributed by atoms with E-state index in [1.165, 1.54) is 5.69 Å². The molecule has 0 saturated heterocycles. The smallest absolute Gasteiger partial charge is 0.116 e. The maximum atomic E-state index is 4.27. The van der Waals surface area contributed by atoms with Gasteiger partial charge in [0.1, 0.15) is 5.69 Å². The van der Waals surface area contributed by atoms with E-state index < -0.39 is 0 Å². The normalized spacial score (nSPS) is 14.9. The van der Waals surface area contributed by atoms with Crippen molar-refractivity contribution in [2.75, 3.05) is 0 Å². The van der Waals surface area contributed by atoms with E-state index in [1.807, 2.05) is 22.9 Å². The van der Waals surface area contributed by atoms with E-state index in [0.717, 1.165) is 36.2 Å². The third-order valence-corrected chi connectivity index (χ3v) is 2.99. The Kier molecular flexibility index (Phi) is 2.10. The fourth-order valence-corrected chi connectivity index (χ4v) is 2.17. The van der Waals surface area contributed by atoms with Gasteiger partial charge >= 0.3 is 0 Å². The minimum Gasteiger partial charge on any atom is -0.222 e. The molecule has 2 heterocycles. The second kappa shape index (κ2) is 3.59. The van der Waals surface area contributed by atoms with Crippen LogP contribution in [0.1, 0.15) is 18.5 Å². The van der Waals surface area contributed by atoms with Crippen molar-refractivity contribution in [3.63, 3.8) is 0 Å². The van der Waals surface area contributed by atoms with Gasteiger partial charge in [-0.15, -0.1) is 5.10 Å². The highest BCUT2D eigenvalue weighted by molar-refractivity contribution is 5.63. The molecule has 1 aliphatic rings. The lowest BCUT2D eigenvalue weighted by Crippen LogP contribution is -2.09. The van der Waals surface area contributed by atoms with E-state index in [0.29, 0.717) is 0 Å². The quantitative estimate of drug-likeness (QED) is 0.726. The van der Waals surface area contributed by atoms with Crippen molar-refractivity contribution >= 4 is 5.70 Å². The Labute approximate surface area is 94.4 Å². The zero-order valence-electron chi connectivity index (χ0n) is 9.06. The number of hydrogen-bond donors (Lipinski definition) is 0. The third kappa shape index (κ3) is 1.36. The van der Waals surface area contributed by atoms with Crippen LogP contribution in [-0.2, 0) is 6.42 Å². The highest BCUT2D eigenvalue weighted by Gasteiger charge is 2.19. The summed E-state index contributed by atoms with van der Waals surface area (Å²) in [6.07, 6.45) is 3.20. The van der Waals surface area contributed by atoms with Gasteiger partial charge in [0.2, 0.25) is 0 Å². The third-order valence-electron chi connectivity index (χ3n) is 2.99. The summed E-state index contributed by atoms with van der Waals surface area (Å²) >= 11 is 0. The van der Waals surface area contributed by atoms with Crippen LogP contribution in [0.25, 0.3) is 17.0 Å². The Bertz CT molecular complexity index is 525. The molecule has 80 valence electrons. The van der Waals surface area contributed by atoms with Crippen molar-refractivity contribution in [2.24, 2.45) is 0 Å². The first-order chi connectivity index (χ1) is 7.86. The molecule has 0 fully saturated rings. The maximum absolute atomic E-state index is 4.27. The summed E-state index contributed by atoms with van der Waals surface area (Å²) < 4.78 is 1.89. The van der Waals surface area contributed by atoms with Gasteiger partial charge in [0, 0.05) is 11.3 Å². The zero-order valence-corrected chi connectivity index (χ0v) is 9.06. The van der Waals surface area contributed by atoms with Gasteiger partial charge < -0.3 is 0 Å². The van der Waals surface area contributed by atoms with Crippen LogP contribution >= 0.6 is 0 Å². The fourth-order valence-electron chi connectivity index (χ4n) is 2.17. The molecule has 0 saturated carbocycles. The number of hydrogen-bond acceptors (Lipinski definition) is 2. The summed E-state index contributed by atoms with van der Waals surface area (Å²) in [6, 6.07) is 10.2. The number of nitrogens with zero attached hydrogens (tertiary/aromatic N) is 3. The zero-order chi connectivity index (χ0) is 11.0. The van der Waals surface area contributed by atoms with E-state index in [-0.39, 0.29) is 0 Å². The average Bonchev–Trinajstić information content (AvgIpc) is 2.75. The SMILES string of the molecule is C=C1CCCc2c(-c3ccccc3)nnn21. The molecule has 0 amide bonds. The van der Waals surface area contributed by atoms with Crippen molar-refractivity contribution in [3.05, 3.63) is 42.6 Å². The highest BCUT2D eigenvalue weighted by atomic mass is 15.4. The Morgan fingerprint density at radius 2 is 1.94 bits per heavy atom. The minimum atomic E-state index is 1.00. The van der Waals surface area contributed by atoms with Crippen molar-refractivity contribution < 1.29 is 0 Å². The minimum absolute atomic E-state index is 1.00. The van der Waals surface area contributed by atoms with Crippen LogP contribution in [0, 0.1) is 0 Å². The van der Waals surface area contributed by atoms with Crippen LogP contribution in [-0.4, -0.2) is 15.0 Å². The highest BCUT2D eigenvalue weighted by Crippen LogP contribution is 2.28. The molecule has 0 radical (unpaired) electrons. The van der Waals surface area contributed by atoms with Crippen molar-refractivity contribution in [3.8, 4) is 11.3 Å². The van der Waals surface area contributed by atoms with E-state index in [2.05, 4.69) is 29.0 Å². The molecule has 3 rings (SSSR count). The van der Waals surface area contributed by atoms with Crippen LogP contribution in [0.2, 0.25) is 0 Å². The molecule has 0 bridgehead atoms. The standard InChI is InChI=1S/C13H13N3/c1-10-6-5-9-12-13(14-15-16(10)12)11-7-3-2-4-8-11/h2-4,7-8H,1,5-6,9H2. The van der Waals surface area contributed by atoms with Crippen LogP contribution in [0.15, 0.2) is 36.9 Å². The molecule has 3 heteroatoms. The lowest BCUT2D eigenvalue weighted by atomic mass is 10.0. The Balaban J connectivity index is 2.13. The summed E-state index contributed by atoms with van der Waals surface area (Å²) in [6.45, 7) is 4.02. The second-order valence-corrected chi connectivity index (χ2v) is 4.08. The monoisotopic (exact) mass is 211 g/mol. The molecule has 0 N–H and O–H groups in total. The molecule has 1 aromatic carbocycles. The molecular weight excluding hydrogens is 198 g/mol. The van der Waals surface area contributed by atoms with Crippen LogP contribution in [0.5, 0.6) is 0 Å². The van der Waals surface area contributed by atoms with Gasteiger partial charge in [-0.05, 0) is 19.3 Å². The van der Waals surface area contributed by atoms with Crippen molar-refractivity contribution in [1.82, 2.24) is 15.0 Å². The van der Waals surface area contributed by atoms with E-state index in [9.17, 15) is 0 Å². The topological polar surface area (TPSA) is 30.7 Å². The number of rotatable bonds is 1. The number of fused-ring (bicyclic) bond motifs is 1. The molecule has 0 spiro atoms. The van der Waals surface area contributed by atoms with E-state index in [1.54, 1.807) is 0 Å². The first-order valence-electron chi connectivity index (χ1n) is 5.54. The molecule has 1 aliphatic heterocycles. The Hall–Kier alpha value is -1.90. The predicted octanol–water partition coefficient (Wildman–Crippen LogP) is 2.75. The van der Waals surface area contributed by atoms with Crippen LogP contribution < -0.4 is 0 Å². The summed E-state index contributed by atoms with van der Waals surface area (Å²) in [4.78, 5) is 0. The van der Waals surface area contributed by atoms with Gasteiger partial charge in [-0.1, -0.05) is 42.1 Å². The van der Waals surface area contributed by atoms with Gasteiger partial charge in [-0.25, -0.2) is 4.68 Å². The molecule has 0 aliphatic carbocycles. The molecule has 1 aromatic heterocycles. The lowest BCUT2D eigenvalue weighted by Gasteiger charge is -2.15. The predicted molar refractivity (Wildman–Crippen MR) is 63.7 cm³/mol.